The minimum atomic E-state index is -0.598. The summed E-state index contributed by atoms with van der Waals surface area (Å²) in [5.74, 6) is -0.317. The van der Waals surface area contributed by atoms with Gasteiger partial charge in [-0.1, -0.05) is 6.92 Å². The van der Waals surface area contributed by atoms with Crippen LogP contribution in [-0.2, 0) is 6.42 Å². The van der Waals surface area contributed by atoms with Crippen molar-refractivity contribution in [2.75, 3.05) is 0 Å². The van der Waals surface area contributed by atoms with Crippen molar-refractivity contribution >= 4 is 21.6 Å². The first-order valence-electron chi connectivity index (χ1n) is 3.72. The molecular formula is C8H8BrNO3. The number of phenols is 1. The van der Waals surface area contributed by atoms with Gasteiger partial charge in [0.05, 0.1) is 9.40 Å². The SMILES string of the molecule is CCc1cc(Br)c(O)c([N+](=O)[O-])c1. The van der Waals surface area contributed by atoms with Crippen LogP contribution in [0.15, 0.2) is 16.6 Å². The number of nitrogens with zero attached hydrogens (tertiary/aromatic N) is 1. The first-order chi connectivity index (χ1) is 6.06. The van der Waals surface area contributed by atoms with E-state index in [1.165, 1.54) is 6.07 Å². The molecule has 0 spiro atoms. The van der Waals surface area contributed by atoms with Crippen LogP contribution < -0.4 is 0 Å². The average Bonchev–Trinajstić information content (AvgIpc) is 2.09. The van der Waals surface area contributed by atoms with Gasteiger partial charge in [0.1, 0.15) is 0 Å². The number of halogens is 1. The van der Waals surface area contributed by atoms with Crippen molar-refractivity contribution in [3.8, 4) is 5.75 Å². The summed E-state index contributed by atoms with van der Waals surface area (Å²) >= 11 is 3.05. The van der Waals surface area contributed by atoms with Crippen LogP contribution in [0.25, 0.3) is 0 Å². The quantitative estimate of drug-likeness (QED) is 0.644. The third-order valence-electron chi connectivity index (χ3n) is 1.71. The van der Waals surface area contributed by atoms with Crippen LogP contribution in [0.3, 0.4) is 0 Å². The summed E-state index contributed by atoms with van der Waals surface area (Å²) in [5, 5.41) is 19.8. The van der Waals surface area contributed by atoms with Gasteiger partial charge in [0.25, 0.3) is 0 Å². The lowest BCUT2D eigenvalue weighted by Crippen LogP contribution is -1.91. The normalized spacial score (nSPS) is 10.0. The molecule has 0 aliphatic rings. The second-order valence-electron chi connectivity index (χ2n) is 2.56. The van der Waals surface area contributed by atoms with E-state index in [2.05, 4.69) is 15.9 Å². The third kappa shape index (κ3) is 1.98. The Labute approximate surface area is 83.5 Å². The van der Waals surface area contributed by atoms with Crippen molar-refractivity contribution < 1.29 is 10.0 Å². The van der Waals surface area contributed by atoms with Gasteiger partial charge in [-0.05, 0) is 34.0 Å². The Morgan fingerprint density at radius 3 is 2.69 bits per heavy atom. The fourth-order valence-electron chi connectivity index (χ4n) is 0.982. The molecule has 0 aromatic heterocycles. The number of nitro benzene ring substituents is 1. The molecule has 0 fully saturated rings. The molecule has 0 aliphatic heterocycles. The number of phenolic OH excluding ortho intramolecular Hbond substituents is 1. The second-order valence-corrected chi connectivity index (χ2v) is 3.41. The summed E-state index contributed by atoms with van der Waals surface area (Å²) in [6.07, 6.45) is 0.694. The van der Waals surface area contributed by atoms with Crippen molar-refractivity contribution in [1.82, 2.24) is 0 Å². The van der Waals surface area contributed by atoms with Gasteiger partial charge in [-0.25, -0.2) is 0 Å². The van der Waals surface area contributed by atoms with E-state index in [-0.39, 0.29) is 11.4 Å². The third-order valence-corrected chi connectivity index (χ3v) is 2.31. The monoisotopic (exact) mass is 245 g/mol. The summed E-state index contributed by atoms with van der Waals surface area (Å²) in [6, 6.07) is 3.04. The van der Waals surface area contributed by atoms with Crippen LogP contribution in [0, 0.1) is 10.1 Å². The zero-order valence-electron chi connectivity index (χ0n) is 6.95. The molecule has 0 bridgehead atoms. The molecule has 0 saturated heterocycles. The number of nitro groups is 1. The van der Waals surface area contributed by atoms with Crippen LogP contribution in [0.2, 0.25) is 0 Å². The molecule has 0 heterocycles. The smallest absolute Gasteiger partial charge is 0.312 e. The summed E-state index contributed by atoms with van der Waals surface area (Å²) in [5.41, 5.74) is 0.558. The topological polar surface area (TPSA) is 63.4 Å². The first-order valence-corrected chi connectivity index (χ1v) is 4.51. The van der Waals surface area contributed by atoms with Crippen molar-refractivity contribution in [2.24, 2.45) is 0 Å². The Hall–Kier alpha value is -1.10. The molecule has 0 saturated carbocycles. The van der Waals surface area contributed by atoms with E-state index >= 15 is 0 Å². The van der Waals surface area contributed by atoms with Gasteiger partial charge in [-0.2, -0.15) is 0 Å². The standard InChI is InChI=1S/C8H8BrNO3/c1-2-5-3-6(9)8(11)7(4-5)10(12)13/h3-4,11H,2H2,1H3. The van der Waals surface area contributed by atoms with Gasteiger partial charge in [-0.15, -0.1) is 0 Å². The maximum absolute atomic E-state index is 10.5. The molecule has 0 amide bonds. The van der Waals surface area contributed by atoms with E-state index in [0.717, 1.165) is 5.56 Å². The molecule has 1 rings (SSSR count). The molecule has 0 unspecified atom stereocenters. The predicted molar refractivity (Wildman–Crippen MR) is 51.8 cm³/mol. The largest absolute Gasteiger partial charge is 0.501 e. The average molecular weight is 246 g/mol. The summed E-state index contributed by atoms with van der Waals surface area (Å²) in [6.45, 7) is 1.89. The Balaban J connectivity index is 3.33. The molecule has 0 atom stereocenters. The number of hydrogen-bond acceptors (Lipinski definition) is 3. The molecule has 13 heavy (non-hydrogen) atoms. The Morgan fingerprint density at radius 1 is 1.62 bits per heavy atom. The van der Waals surface area contributed by atoms with E-state index in [4.69, 9.17) is 0 Å². The molecule has 1 N–H and O–H groups in total. The van der Waals surface area contributed by atoms with Crippen LogP contribution in [-0.4, -0.2) is 10.0 Å². The van der Waals surface area contributed by atoms with Crippen molar-refractivity contribution in [3.63, 3.8) is 0 Å². The summed E-state index contributed by atoms with van der Waals surface area (Å²) in [4.78, 5) is 9.87. The molecule has 0 radical (unpaired) electrons. The number of aryl methyl sites for hydroxylation is 1. The number of hydrogen-bond donors (Lipinski definition) is 1. The Kier molecular flexibility index (Phi) is 2.87. The van der Waals surface area contributed by atoms with Crippen LogP contribution in [0.4, 0.5) is 5.69 Å². The summed E-state index contributed by atoms with van der Waals surface area (Å²) in [7, 11) is 0. The molecule has 70 valence electrons. The molecule has 4 nitrogen and oxygen atoms in total. The highest BCUT2D eigenvalue weighted by atomic mass is 79.9. The lowest BCUT2D eigenvalue weighted by atomic mass is 10.1. The van der Waals surface area contributed by atoms with Gasteiger partial charge in [0, 0.05) is 6.07 Å². The Bertz CT molecular complexity index is 351. The maximum Gasteiger partial charge on any atom is 0.312 e. The molecule has 5 heteroatoms. The highest BCUT2D eigenvalue weighted by Gasteiger charge is 2.16. The second kappa shape index (κ2) is 3.74. The number of benzene rings is 1. The van der Waals surface area contributed by atoms with Gasteiger partial charge < -0.3 is 5.11 Å². The van der Waals surface area contributed by atoms with Crippen molar-refractivity contribution in [2.45, 2.75) is 13.3 Å². The van der Waals surface area contributed by atoms with Gasteiger partial charge in [0.2, 0.25) is 5.75 Å². The minimum absolute atomic E-state index is 0.258. The lowest BCUT2D eigenvalue weighted by molar-refractivity contribution is -0.386. The summed E-state index contributed by atoms with van der Waals surface area (Å²) < 4.78 is 0.360. The highest BCUT2D eigenvalue weighted by molar-refractivity contribution is 9.10. The zero-order valence-corrected chi connectivity index (χ0v) is 8.54. The van der Waals surface area contributed by atoms with Crippen LogP contribution in [0.1, 0.15) is 12.5 Å². The zero-order chi connectivity index (χ0) is 10.0. The van der Waals surface area contributed by atoms with Crippen LogP contribution >= 0.6 is 15.9 Å². The van der Waals surface area contributed by atoms with Crippen molar-refractivity contribution in [3.05, 3.63) is 32.3 Å². The number of rotatable bonds is 2. The van der Waals surface area contributed by atoms with E-state index in [1.807, 2.05) is 6.92 Å². The Morgan fingerprint density at radius 2 is 2.23 bits per heavy atom. The predicted octanol–water partition coefficient (Wildman–Crippen LogP) is 2.63. The first kappa shape index (κ1) is 9.98. The fourth-order valence-corrected chi connectivity index (χ4v) is 1.48. The van der Waals surface area contributed by atoms with E-state index in [9.17, 15) is 15.2 Å². The maximum atomic E-state index is 10.5. The molecule has 0 aliphatic carbocycles. The van der Waals surface area contributed by atoms with Crippen molar-refractivity contribution in [1.29, 1.82) is 0 Å². The molecular weight excluding hydrogens is 238 g/mol. The fraction of sp³-hybridized carbons (Fsp3) is 0.250. The van der Waals surface area contributed by atoms with E-state index < -0.39 is 4.92 Å². The molecule has 1 aromatic rings. The highest BCUT2D eigenvalue weighted by Crippen LogP contribution is 2.34. The lowest BCUT2D eigenvalue weighted by Gasteiger charge is -2.01. The van der Waals surface area contributed by atoms with Gasteiger partial charge >= 0.3 is 5.69 Å². The van der Waals surface area contributed by atoms with E-state index in [1.54, 1.807) is 6.07 Å². The van der Waals surface area contributed by atoms with E-state index in [0.29, 0.717) is 10.9 Å². The van der Waals surface area contributed by atoms with Gasteiger partial charge in [-0.3, -0.25) is 10.1 Å². The number of aromatic hydroxyl groups is 1. The van der Waals surface area contributed by atoms with Crippen LogP contribution in [0.5, 0.6) is 5.75 Å². The van der Waals surface area contributed by atoms with Gasteiger partial charge in [0.15, 0.2) is 0 Å². The molecule has 1 aromatic carbocycles. The minimum Gasteiger partial charge on any atom is -0.501 e.